The molecule has 0 aromatic heterocycles. The molecule has 0 radical (unpaired) electrons. The Kier molecular flexibility index (Phi) is 4.70. The van der Waals surface area contributed by atoms with Crippen LogP contribution in [0.1, 0.15) is 34.8 Å². The van der Waals surface area contributed by atoms with Crippen LogP contribution in [0.3, 0.4) is 0 Å². The van der Waals surface area contributed by atoms with E-state index in [4.69, 9.17) is 10.5 Å². The molecule has 0 aliphatic rings. The van der Waals surface area contributed by atoms with E-state index in [-0.39, 0.29) is 11.7 Å². The minimum Gasteiger partial charge on any atom is -0.496 e. The van der Waals surface area contributed by atoms with Crippen molar-refractivity contribution in [2.75, 3.05) is 13.7 Å². The lowest BCUT2D eigenvalue weighted by Gasteiger charge is -2.15. The molecule has 0 heterocycles. The van der Waals surface area contributed by atoms with Gasteiger partial charge in [-0.15, -0.1) is 0 Å². The lowest BCUT2D eigenvalue weighted by atomic mass is 9.92. The highest BCUT2D eigenvalue weighted by molar-refractivity contribution is 6.00. The van der Waals surface area contributed by atoms with E-state index >= 15 is 0 Å². The van der Waals surface area contributed by atoms with Crippen LogP contribution in [0.15, 0.2) is 12.1 Å². The van der Waals surface area contributed by atoms with Gasteiger partial charge in [0.05, 0.1) is 12.7 Å². The summed E-state index contributed by atoms with van der Waals surface area (Å²) >= 11 is 0. The predicted molar refractivity (Wildman–Crippen MR) is 69.6 cm³/mol. The smallest absolute Gasteiger partial charge is 0.170 e. The minimum absolute atomic E-state index is 0.0787. The highest BCUT2D eigenvalue weighted by atomic mass is 16.5. The number of hydrogen-bond acceptors (Lipinski definition) is 3. The lowest BCUT2D eigenvalue weighted by Crippen LogP contribution is -2.23. The predicted octanol–water partition coefficient (Wildman–Crippen LogP) is 2.48. The monoisotopic (exact) mass is 235 g/mol. The molecule has 0 aliphatic heterocycles. The van der Waals surface area contributed by atoms with Crippen LogP contribution in [-0.2, 0) is 0 Å². The number of rotatable bonds is 5. The summed E-state index contributed by atoms with van der Waals surface area (Å²) in [6.45, 7) is 6.36. The number of hydrogen-bond donors (Lipinski definition) is 1. The van der Waals surface area contributed by atoms with Crippen molar-refractivity contribution in [1.82, 2.24) is 0 Å². The number of methoxy groups -OCH3 is 1. The third-order valence-electron chi connectivity index (χ3n) is 3.23. The van der Waals surface area contributed by atoms with E-state index in [0.29, 0.717) is 17.9 Å². The maximum atomic E-state index is 12.3. The Labute approximate surface area is 103 Å². The Hall–Kier alpha value is -1.35. The number of carbonyl (C=O) groups is 1. The second-order valence-electron chi connectivity index (χ2n) is 4.34. The maximum absolute atomic E-state index is 12.3. The first-order valence-electron chi connectivity index (χ1n) is 5.94. The van der Waals surface area contributed by atoms with Gasteiger partial charge in [-0.05, 0) is 43.5 Å². The minimum atomic E-state index is -0.119. The lowest BCUT2D eigenvalue weighted by molar-refractivity contribution is 0.0918. The van der Waals surface area contributed by atoms with E-state index in [0.717, 1.165) is 17.5 Å². The van der Waals surface area contributed by atoms with Crippen LogP contribution in [0, 0.1) is 19.8 Å². The number of Topliss-reactive ketones (excluding diaryl/α,β-unsaturated/α-hetero) is 1. The molecule has 3 nitrogen and oxygen atoms in total. The molecule has 94 valence electrons. The number of benzene rings is 1. The van der Waals surface area contributed by atoms with Gasteiger partial charge in [0.2, 0.25) is 0 Å². The largest absolute Gasteiger partial charge is 0.496 e. The van der Waals surface area contributed by atoms with E-state index < -0.39 is 0 Å². The first-order valence-corrected chi connectivity index (χ1v) is 5.94. The third-order valence-corrected chi connectivity index (χ3v) is 3.23. The number of nitrogens with two attached hydrogens (primary N) is 1. The maximum Gasteiger partial charge on any atom is 0.170 e. The molecule has 1 aromatic carbocycles. The summed E-state index contributed by atoms with van der Waals surface area (Å²) in [4.78, 5) is 12.3. The second-order valence-corrected chi connectivity index (χ2v) is 4.34. The topological polar surface area (TPSA) is 52.3 Å². The van der Waals surface area contributed by atoms with Crippen molar-refractivity contribution in [3.05, 3.63) is 28.8 Å². The normalized spacial score (nSPS) is 12.3. The molecule has 1 unspecified atom stereocenters. The van der Waals surface area contributed by atoms with Crippen molar-refractivity contribution in [1.29, 1.82) is 0 Å². The fourth-order valence-electron chi connectivity index (χ4n) is 1.83. The number of aryl methyl sites for hydroxylation is 2. The molecule has 1 atom stereocenters. The van der Waals surface area contributed by atoms with Gasteiger partial charge in [0.15, 0.2) is 5.78 Å². The van der Waals surface area contributed by atoms with Gasteiger partial charge in [-0.25, -0.2) is 0 Å². The molecule has 0 aliphatic carbocycles. The van der Waals surface area contributed by atoms with Gasteiger partial charge >= 0.3 is 0 Å². The molecule has 0 saturated heterocycles. The van der Waals surface area contributed by atoms with Crippen LogP contribution >= 0.6 is 0 Å². The molecule has 3 heteroatoms. The van der Waals surface area contributed by atoms with Gasteiger partial charge in [0.25, 0.3) is 0 Å². The van der Waals surface area contributed by atoms with Gasteiger partial charge in [-0.1, -0.05) is 6.92 Å². The zero-order valence-corrected chi connectivity index (χ0v) is 11.0. The Bertz CT molecular complexity index is 409. The molecule has 1 aromatic rings. The summed E-state index contributed by atoms with van der Waals surface area (Å²) in [5.74, 6) is 0.603. The second kappa shape index (κ2) is 5.82. The van der Waals surface area contributed by atoms with Crippen molar-refractivity contribution in [3.63, 3.8) is 0 Å². The van der Waals surface area contributed by atoms with Crippen molar-refractivity contribution in [2.45, 2.75) is 27.2 Å². The molecule has 0 saturated carbocycles. The summed E-state index contributed by atoms with van der Waals surface area (Å²) in [5, 5.41) is 0. The summed E-state index contributed by atoms with van der Waals surface area (Å²) in [5.41, 5.74) is 8.49. The van der Waals surface area contributed by atoms with Gasteiger partial charge in [0.1, 0.15) is 5.75 Å². The highest BCUT2D eigenvalue weighted by Gasteiger charge is 2.20. The molecular formula is C14H21NO2. The van der Waals surface area contributed by atoms with Crippen molar-refractivity contribution >= 4 is 5.78 Å². The number of ketones is 1. The van der Waals surface area contributed by atoms with Gasteiger partial charge < -0.3 is 10.5 Å². The van der Waals surface area contributed by atoms with E-state index in [1.807, 2.05) is 32.9 Å². The first kappa shape index (κ1) is 13.7. The molecule has 2 N–H and O–H groups in total. The van der Waals surface area contributed by atoms with Gasteiger partial charge in [-0.2, -0.15) is 0 Å². The molecule has 1 rings (SSSR count). The average Bonchev–Trinajstić information content (AvgIpc) is 2.33. The van der Waals surface area contributed by atoms with Crippen molar-refractivity contribution < 1.29 is 9.53 Å². The fourth-order valence-corrected chi connectivity index (χ4v) is 1.83. The Morgan fingerprint density at radius 1 is 1.35 bits per heavy atom. The van der Waals surface area contributed by atoms with Gasteiger partial charge in [0, 0.05) is 12.5 Å². The van der Waals surface area contributed by atoms with Crippen LogP contribution in [0.2, 0.25) is 0 Å². The zero-order chi connectivity index (χ0) is 13.0. The van der Waals surface area contributed by atoms with Crippen LogP contribution < -0.4 is 10.5 Å². The Morgan fingerprint density at radius 2 is 1.94 bits per heavy atom. The molecule has 0 fully saturated rings. The van der Waals surface area contributed by atoms with Crippen LogP contribution in [0.5, 0.6) is 5.75 Å². The van der Waals surface area contributed by atoms with Crippen LogP contribution in [0.4, 0.5) is 0 Å². The Balaban J connectivity index is 3.20. The molecule has 0 bridgehead atoms. The molecule has 0 spiro atoms. The first-order chi connectivity index (χ1) is 8.04. The third kappa shape index (κ3) is 2.86. The fraction of sp³-hybridized carbons (Fsp3) is 0.500. The SMILES string of the molecule is CCC(CN)C(=O)c1cc(C)c(C)cc1OC. The average molecular weight is 235 g/mol. The highest BCUT2D eigenvalue weighted by Crippen LogP contribution is 2.26. The molecular weight excluding hydrogens is 214 g/mol. The van der Waals surface area contributed by atoms with Crippen LogP contribution in [0.25, 0.3) is 0 Å². The van der Waals surface area contributed by atoms with E-state index in [1.165, 1.54) is 0 Å². The van der Waals surface area contributed by atoms with Crippen LogP contribution in [-0.4, -0.2) is 19.4 Å². The molecule has 0 amide bonds. The summed E-state index contributed by atoms with van der Waals surface area (Å²) < 4.78 is 5.28. The standard InChI is InChI=1S/C14H21NO2/c1-5-11(8-15)14(16)12-6-9(2)10(3)7-13(12)17-4/h6-7,11H,5,8,15H2,1-4H3. The van der Waals surface area contributed by atoms with E-state index in [9.17, 15) is 4.79 Å². The summed E-state index contributed by atoms with van der Waals surface area (Å²) in [7, 11) is 1.59. The number of carbonyl (C=O) groups excluding carboxylic acids is 1. The Morgan fingerprint density at radius 3 is 2.41 bits per heavy atom. The van der Waals surface area contributed by atoms with Crippen molar-refractivity contribution in [2.24, 2.45) is 11.7 Å². The molecule has 17 heavy (non-hydrogen) atoms. The summed E-state index contributed by atoms with van der Waals surface area (Å²) in [6, 6.07) is 3.81. The van der Waals surface area contributed by atoms with E-state index in [2.05, 4.69) is 0 Å². The van der Waals surface area contributed by atoms with Crippen molar-refractivity contribution in [3.8, 4) is 5.75 Å². The number of ether oxygens (including phenoxy) is 1. The summed E-state index contributed by atoms with van der Waals surface area (Å²) in [6.07, 6.45) is 0.755. The van der Waals surface area contributed by atoms with Gasteiger partial charge in [-0.3, -0.25) is 4.79 Å². The zero-order valence-electron chi connectivity index (χ0n) is 11.0. The van der Waals surface area contributed by atoms with E-state index in [1.54, 1.807) is 7.11 Å². The quantitative estimate of drug-likeness (QED) is 0.798.